The minimum Gasteiger partial charge on any atom is -0.487 e. The molecule has 46 heavy (non-hydrogen) atoms. The number of rotatable bonds is 0. The van der Waals surface area contributed by atoms with E-state index < -0.39 is 0 Å². The molecular weight excluding hydrogens is 592 g/mol. The summed E-state index contributed by atoms with van der Waals surface area (Å²) < 4.78 is 58.2. The van der Waals surface area contributed by atoms with Gasteiger partial charge in [-0.3, -0.25) is 0 Å². The standard InChI is InChI=1S/C36H56O10/c1-35(2,3)29-7-9-31-33(27-29)45-25-21-41-17-13-37-12-16-40-20-24-44-32-10-8-30(36(4,5)6)28-34(32)46-26-22-42-18-14-38-11-15-39-19-23-43-31/h7-10,27-28H,11-26H2,1-6H3. The maximum atomic E-state index is 6.06. The zero-order chi connectivity index (χ0) is 33.1. The van der Waals surface area contributed by atoms with Crippen LogP contribution in [0, 0.1) is 0 Å². The topological polar surface area (TPSA) is 92.3 Å². The van der Waals surface area contributed by atoms with Crippen molar-refractivity contribution in [3.63, 3.8) is 0 Å². The van der Waals surface area contributed by atoms with Gasteiger partial charge in [0.1, 0.15) is 26.4 Å². The second-order valence-corrected chi connectivity index (χ2v) is 12.9. The van der Waals surface area contributed by atoms with Gasteiger partial charge in [0.25, 0.3) is 0 Å². The second kappa shape index (κ2) is 20.6. The molecule has 260 valence electrons. The summed E-state index contributed by atoms with van der Waals surface area (Å²) in [6.45, 7) is 20.2. The van der Waals surface area contributed by atoms with Crippen LogP contribution in [0.1, 0.15) is 52.7 Å². The molecule has 3 rings (SSSR count). The first-order chi connectivity index (χ1) is 22.1. The molecule has 0 N–H and O–H groups in total. The molecule has 0 amide bonds. The predicted molar refractivity (Wildman–Crippen MR) is 177 cm³/mol. The van der Waals surface area contributed by atoms with Crippen LogP contribution < -0.4 is 18.9 Å². The van der Waals surface area contributed by atoms with Gasteiger partial charge in [-0.15, -0.1) is 0 Å². The highest BCUT2D eigenvalue weighted by atomic mass is 16.6. The summed E-state index contributed by atoms with van der Waals surface area (Å²) in [5.74, 6) is 2.75. The quantitative estimate of drug-likeness (QED) is 0.359. The minimum absolute atomic E-state index is 0.0134. The summed E-state index contributed by atoms with van der Waals surface area (Å²) in [4.78, 5) is 0. The van der Waals surface area contributed by atoms with Crippen molar-refractivity contribution >= 4 is 0 Å². The van der Waals surface area contributed by atoms with Gasteiger partial charge in [-0.25, -0.2) is 0 Å². The lowest BCUT2D eigenvalue weighted by Crippen LogP contribution is -2.16. The normalized spacial score (nSPS) is 18.7. The molecule has 0 spiro atoms. The highest BCUT2D eigenvalue weighted by Crippen LogP contribution is 2.34. The van der Waals surface area contributed by atoms with E-state index in [1.165, 1.54) is 11.1 Å². The Kier molecular flexibility index (Phi) is 16.9. The fraction of sp³-hybridized carbons (Fsp3) is 0.667. The average molecular weight is 649 g/mol. The highest BCUT2D eigenvalue weighted by molar-refractivity contribution is 5.45. The molecule has 0 atom stereocenters. The van der Waals surface area contributed by atoms with Gasteiger partial charge < -0.3 is 47.4 Å². The Hall–Kier alpha value is -2.60. The zero-order valence-electron chi connectivity index (χ0n) is 28.9. The van der Waals surface area contributed by atoms with E-state index in [9.17, 15) is 0 Å². The fourth-order valence-electron chi connectivity index (χ4n) is 4.34. The fourth-order valence-corrected chi connectivity index (χ4v) is 4.34. The number of hydrogen-bond donors (Lipinski definition) is 0. The van der Waals surface area contributed by atoms with E-state index in [4.69, 9.17) is 47.4 Å². The molecule has 2 aromatic rings. The van der Waals surface area contributed by atoms with Gasteiger partial charge in [-0.05, 0) is 46.2 Å². The summed E-state index contributed by atoms with van der Waals surface area (Å²) in [7, 11) is 0. The third-order valence-corrected chi connectivity index (χ3v) is 7.05. The molecule has 2 aromatic carbocycles. The first-order valence-electron chi connectivity index (χ1n) is 16.4. The van der Waals surface area contributed by atoms with Crippen LogP contribution in [0.5, 0.6) is 23.0 Å². The first kappa shape index (κ1) is 37.9. The van der Waals surface area contributed by atoms with Gasteiger partial charge in [0.2, 0.25) is 0 Å². The molecule has 0 unspecified atom stereocenters. The lowest BCUT2D eigenvalue weighted by Gasteiger charge is -2.21. The van der Waals surface area contributed by atoms with E-state index in [1.807, 2.05) is 24.3 Å². The number of ether oxygens (including phenoxy) is 10. The number of benzene rings is 2. The van der Waals surface area contributed by atoms with E-state index in [2.05, 4.69) is 53.7 Å². The van der Waals surface area contributed by atoms with Crippen molar-refractivity contribution in [2.75, 3.05) is 106 Å². The molecule has 1 aliphatic rings. The van der Waals surface area contributed by atoms with E-state index in [1.54, 1.807) is 0 Å². The monoisotopic (exact) mass is 648 g/mol. The summed E-state index contributed by atoms with van der Waals surface area (Å²) >= 11 is 0. The molecular formula is C36H56O10. The lowest BCUT2D eigenvalue weighted by atomic mass is 9.87. The molecule has 0 fully saturated rings. The zero-order valence-corrected chi connectivity index (χ0v) is 28.9. The Labute approximate surface area is 275 Å². The Balaban J connectivity index is 1.48. The molecule has 10 heteroatoms. The van der Waals surface area contributed by atoms with Crippen molar-refractivity contribution < 1.29 is 47.4 Å². The van der Waals surface area contributed by atoms with Crippen LogP contribution in [0.15, 0.2) is 36.4 Å². The molecule has 10 nitrogen and oxygen atoms in total. The van der Waals surface area contributed by atoms with E-state index >= 15 is 0 Å². The van der Waals surface area contributed by atoms with Gasteiger partial charge >= 0.3 is 0 Å². The third-order valence-electron chi connectivity index (χ3n) is 7.05. The van der Waals surface area contributed by atoms with E-state index in [0.717, 1.165) is 0 Å². The molecule has 0 radical (unpaired) electrons. The van der Waals surface area contributed by atoms with Crippen molar-refractivity contribution in [3.05, 3.63) is 47.5 Å². The molecule has 0 saturated carbocycles. The van der Waals surface area contributed by atoms with Crippen molar-refractivity contribution in [1.82, 2.24) is 0 Å². The minimum atomic E-state index is -0.0134. The summed E-state index contributed by atoms with van der Waals surface area (Å²) in [6, 6.07) is 12.1. The Morgan fingerprint density at radius 1 is 0.326 bits per heavy atom. The molecule has 0 saturated heterocycles. The maximum absolute atomic E-state index is 6.06. The van der Waals surface area contributed by atoms with Crippen molar-refractivity contribution in [2.45, 2.75) is 52.4 Å². The van der Waals surface area contributed by atoms with Gasteiger partial charge in [0, 0.05) is 0 Å². The molecule has 1 aliphatic heterocycles. The lowest BCUT2D eigenvalue weighted by molar-refractivity contribution is 0.00247. The molecule has 0 bridgehead atoms. The largest absolute Gasteiger partial charge is 0.487 e. The second-order valence-electron chi connectivity index (χ2n) is 12.9. The van der Waals surface area contributed by atoms with Gasteiger partial charge in [0.05, 0.1) is 79.3 Å². The van der Waals surface area contributed by atoms with Crippen LogP contribution in [0.2, 0.25) is 0 Å². The van der Waals surface area contributed by atoms with E-state index in [0.29, 0.717) is 129 Å². The van der Waals surface area contributed by atoms with Crippen molar-refractivity contribution in [2.24, 2.45) is 0 Å². The average Bonchev–Trinajstić information content (AvgIpc) is 3.01. The van der Waals surface area contributed by atoms with Crippen LogP contribution in [0.25, 0.3) is 0 Å². The van der Waals surface area contributed by atoms with Crippen molar-refractivity contribution in [1.29, 1.82) is 0 Å². The van der Waals surface area contributed by atoms with Crippen LogP contribution >= 0.6 is 0 Å². The Bertz CT molecular complexity index is 1020. The van der Waals surface area contributed by atoms with E-state index in [-0.39, 0.29) is 10.8 Å². The smallest absolute Gasteiger partial charge is 0.161 e. The number of hydrogen-bond acceptors (Lipinski definition) is 10. The van der Waals surface area contributed by atoms with Crippen LogP contribution in [0.4, 0.5) is 0 Å². The predicted octanol–water partition coefficient (Wildman–Crippen LogP) is 5.61. The van der Waals surface area contributed by atoms with Crippen LogP contribution in [-0.4, -0.2) is 106 Å². The van der Waals surface area contributed by atoms with Gasteiger partial charge in [-0.2, -0.15) is 0 Å². The Morgan fingerprint density at radius 2 is 0.565 bits per heavy atom. The maximum Gasteiger partial charge on any atom is 0.161 e. The summed E-state index contributed by atoms with van der Waals surface area (Å²) in [5.41, 5.74) is 2.31. The molecule has 0 aliphatic carbocycles. The molecule has 0 aromatic heterocycles. The highest BCUT2D eigenvalue weighted by Gasteiger charge is 2.18. The SMILES string of the molecule is CC(C)(C)c1ccc2c(c1)OCCOCCOCCOCCOc1ccc(C(C)(C)C)cc1OCCOCCOCCOCCO2. The van der Waals surface area contributed by atoms with Crippen LogP contribution in [-0.2, 0) is 39.3 Å². The first-order valence-corrected chi connectivity index (χ1v) is 16.4. The summed E-state index contributed by atoms with van der Waals surface area (Å²) in [5, 5.41) is 0. The Morgan fingerprint density at radius 3 is 0.826 bits per heavy atom. The van der Waals surface area contributed by atoms with Gasteiger partial charge in [0.15, 0.2) is 23.0 Å². The van der Waals surface area contributed by atoms with Crippen molar-refractivity contribution in [3.8, 4) is 23.0 Å². The summed E-state index contributed by atoms with van der Waals surface area (Å²) in [6.07, 6.45) is 0. The molecule has 1 heterocycles. The third kappa shape index (κ3) is 14.9. The van der Waals surface area contributed by atoms with Gasteiger partial charge in [-0.1, -0.05) is 53.7 Å². The number of fused-ring (bicyclic) bond motifs is 2. The van der Waals surface area contributed by atoms with Crippen LogP contribution in [0.3, 0.4) is 0 Å².